The van der Waals surface area contributed by atoms with E-state index in [1.165, 1.54) is 51.4 Å². The maximum absolute atomic E-state index is 13.6. The van der Waals surface area contributed by atoms with Crippen molar-refractivity contribution in [2.45, 2.75) is 89.9 Å². The van der Waals surface area contributed by atoms with E-state index in [2.05, 4.69) is 6.92 Å². The molecule has 0 nitrogen and oxygen atoms in total. The monoisotopic (exact) mass is 298 g/mol. The molecule has 0 aromatic heterocycles. The molecule has 2 heteroatoms. The van der Waals surface area contributed by atoms with Gasteiger partial charge < -0.3 is 0 Å². The van der Waals surface area contributed by atoms with Crippen LogP contribution in [-0.2, 0) is 0 Å². The normalized spacial score (nSPS) is 49.0. The number of halogens is 2. The molecule has 0 radical (unpaired) electrons. The Labute approximate surface area is 129 Å². The summed E-state index contributed by atoms with van der Waals surface area (Å²) in [6.07, 6.45) is 10.5. The maximum Gasteiger partial charge on any atom is 0.103 e. The first-order valence-corrected chi connectivity index (χ1v) is 9.40. The Kier molecular flexibility index (Phi) is 5.22. The number of alkyl halides is 2. The molecule has 21 heavy (non-hydrogen) atoms. The van der Waals surface area contributed by atoms with Crippen LogP contribution in [0.5, 0.6) is 0 Å². The Morgan fingerprint density at radius 2 is 0.905 bits per heavy atom. The quantitative estimate of drug-likeness (QED) is 0.578. The van der Waals surface area contributed by atoms with Gasteiger partial charge in [0.05, 0.1) is 0 Å². The first-order valence-electron chi connectivity index (χ1n) is 9.40. The second kappa shape index (κ2) is 6.96. The summed E-state index contributed by atoms with van der Waals surface area (Å²) >= 11 is 0. The van der Waals surface area contributed by atoms with Crippen LogP contribution in [0.2, 0.25) is 0 Å². The van der Waals surface area contributed by atoms with Crippen molar-refractivity contribution >= 4 is 0 Å². The zero-order chi connectivity index (χ0) is 14.8. The van der Waals surface area contributed by atoms with Gasteiger partial charge in [-0.1, -0.05) is 19.8 Å². The van der Waals surface area contributed by atoms with Crippen molar-refractivity contribution in [1.29, 1.82) is 0 Å². The molecule has 0 amide bonds. The molecule has 0 aliphatic heterocycles. The molecule has 0 heterocycles. The van der Waals surface area contributed by atoms with E-state index in [0.29, 0.717) is 24.7 Å². The van der Waals surface area contributed by atoms with E-state index in [4.69, 9.17) is 0 Å². The summed E-state index contributed by atoms with van der Waals surface area (Å²) in [5.41, 5.74) is 0. The lowest BCUT2D eigenvalue weighted by Gasteiger charge is -2.41. The van der Waals surface area contributed by atoms with E-state index in [-0.39, 0.29) is 6.42 Å². The molecule has 0 bridgehead atoms. The van der Waals surface area contributed by atoms with Gasteiger partial charge in [-0.15, -0.1) is 0 Å². The molecular formula is C19H32F2. The third-order valence-corrected chi connectivity index (χ3v) is 6.84. The average molecular weight is 298 g/mol. The average Bonchev–Trinajstić information content (AvgIpc) is 2.47. The van der Waals surface area contributed by atoms with Gasteiger partial charge in [0.15, 0.2) is 0 Å². The molecule has 3 aliphatic carbocycles. The highest BCUT2D eigenvalue weighted by Gasteiger charge is 2.37. The van der Waals surface area contributed by atoms with Crippen molar-refractivity contribution in [2.75, 3.05) is 0 Å². The number of rotatable bonds is 2. The molecule has 0 N–H and O–H groups in total. The van der Waals surface area contributed by atoms with Crippen LogP contribution in [0.25, 0.3) is 0 Å². The standard InChI is InChI=1S/C19H32F2/c1-13-2-4-14(5-3-13)15-6-8-16(9-7-15)17-10-18(20)12-19(21)11-17/h13-19H,2-12H2,1H3. The lowest BCUT2D eigenvalue weighted by Crippen LogP contribution is -2.33. The fourth-order valence-electron chi connectivity index (χ4n) is 5.45. The lowest BCUT2D eigenvalue weighted by molar-refractivity contribution is 0.0572. The molecule has 2 atom stereocenters. The fourth-order valence-corrected chi connectivity index (χ4v) is 5.45. The van der Waals surface area contributed by atoms with Gasteiger partial charge in [-0.05, 0) is 81.0 Å². The second-order valence-corrected chi connectivity index (χ2v) is 8.36. The highest BCUT2D eigenvalue weighted by atomic mass is 19.1. The summed E-state index contributed by atoms with van der Waals surface area (Å²) in [6, 6.07) is 0. The summed E-state index contributed by atoms with van der Waals surface area (Å²) < 4.78 is 27.2. The summed E-state index contributed by atoms with van der Waals surface area (Å²) in [7, 11) is 0. The van der Waals surface area contributed by atoms with Crippen LogP contribution in [0.1, 0.15) is 77.6 Å². The zero-order valence-electron chi connectivity index (χ0n) is 13.6. The van der Waals surface area contributed by atoms with Crippen molar-refractivity contribution in [1.82, 2.24) is 0 Å². The lowest BCUT2D eigenvalue weighted by atomic mass is 9.65. The van der Waals surface area contributed by atoms with Crippen LogP contribution >= 0.6 is 0 Å². The first-order chi connectivity index (χ1) is 10.1. The molecule has 0 spiro atoms. The zero-order valence-corrected chi connectivity index (χ0v) is 13.6. The molecule has 3 saturated carbocycles. The minimum atomic E-state index is -0.878. The van der Waals surface area contributed by atoms with Crippen LogP contribution in [0.3, 0.4) is 0 Å². The molecule has 3 fully saturated rings. The minimum Gasteiger partial charge on any atom is -0.247 e. The van der Waals surface area contributed by atoms with Gasteiger partial charge in [-0.25, -0.2) is 8.78 Å². The van der Waals surface area contributed by atoms with Crippen molar-refractivity contribution in [3.05, 3.63) is 0 Å². The third-order valence-electron chi connectivity index (χ3n) is 6.84. The molecule has 3 aliphatic rings. The van der Waals surface area contributed by atoms with Crippen molar-refractivity contribution in [2.24, 2.45) is 29.6 Å². The topological polar surface area (TPSA) is 0 Å². The third kappa shape index (κ3) is 3.99. The smallest absolute Gasteiger partial charge is 0.103 e. The molecule has 0 aromatic rings. The SMILES string of the molecule is CC1CCC(C2CCC(C3CC(F)CC(F)C3)CC2)CC1. The van der Waals surface area contributed by atoms with Crippen LogP contribution in [-0.4, -0.2) is 12.3 Å². The van der Waals surface area contributed by atoms with Gasteiger partial charge in [0.25, 0.3) is 0 Å². The first kappa shape index (κ1) is 15.7. The highest BCUT2D eigenvalue weighted by molar-refractivity contribution is 4.87. The Morgan fingerprint density at radius 1 is 0.524 bits per heavy atom. The molecule has 122 valence electrons. The fraction of sp³-hybridized carbons (Fsp3) is 1.00. The Bertz CT molecular complexity index is 304. The van der Waals surface area contributed by atoms with Crippen LogP contribution in [0, 0.1) is 29.6 Å². The molecular weight excluding hydrogens is 266 g/mol. The van der Waals surface area contributed by atoms with Crippen LogP contribution in [0.15, 0.2) is 0 Å². The van der Waals surface area contributed by atoms with Crippen molar-refractivity contribution in [3.8, 4) is 0 Å². The Hall–Kier alpha value is -0.140. The molecule has 2 unspecified atom stereocenters. The summed E-state index contributed by atoms with van der Waals surface area (Å²) in [5.74, 6) is 3.75. The van der Waals surface area contributed by atoms with E-state index >= 15 is 0 Å². The number of hydrogen-bond donors (Lipinski definition) is 0. The predicted octanol–water partition coefficient (Wildman–Crippen LogP) is 6.10. The highest BCUT2D eigenvalue weighted by Crippen LogP contribution is 2.45. The summed E-state index contributed by atoms with van der Waals surface area (Å²) in [6.45, 7) is 2.39. The Morgan fingerprint density at radius 3 is 1.38 bits per heavy atom. The summed E-state index contributed by atoms with van der Waals surface area (Å²) in [4.78, 5) is 0. The summed E-state index contributed by atoms with van der Waals surface area (Å²) in [5, 5.41) is 0. The largest absolute Gasteiger partial charge is 0.247 e. The van der Waals surface area contributed by atoms with Gasteiger partial charge in [0.1, 0.15) is 12.3 Å². The van der Waals surface area contributed by atoms with Gasteiger partial charge in [0, 0.05) is 6.42 Å². The molecule has 0 aromatic carbocycles. The van der Waals surface area contributed by atoms with Crippen LogP contribution in [0.4, 0.5) is 8.78 Å². The van der Waals surface area contributed by atoms with Crippen LogP contribution < -0.4 is 0 Å². The van der Waals surface area contributed by atoms with E-state index < -0.39 is 12.3 Å². The van der Waals surface area contributed by atoms with E-state index in [1.807, 2.05) is 0 Å². The van der Waals surface area contributed by atoms with Crippen molar-refractivity contribution in [3.63, 3.8) is 0 Å². The van der Waals surface area contributed by atoms with Gasteiger partial charge >= 0.3 is 0 Å². The number of hydrogen-bond acceptors (Lipinski definition) is 0. The van der Waals surface area contributed by atoms with E-state index in [1.54, 1.807) is 0 Å². The molecule has 0 saturated heterocycles. The minimum absolute atomic E-state index is 0.159. The molecule has 3 rings (SSSR count). The van der Waals surface area contributed by atoms with E-state index in [0.717, 1.165) is 17.8 Å². The van der Waals surface area contributed by atoms with Gasteiger partial charge in [-0.2, -0.15) is 0 Å². The van der Waals surface area contributed by atoms with Gasteiger partial charge in [-0.3, -0.25) is 0 Å². The Balaban J connectivity index is 1.46. The van der Waals surface area contributed by atoms with E-state index in [9.17, 15) is 8.78 Å². The maximum atomic E-state index is 13.6. The second-order valence-electron chi connectivity index (χ2n) is 8.36. The van der Waals surface area contributed by atoms with Crippen molar-refractivity contribution < 1.29 is 8.78 Å². The predicted molar refractivity (Wildman–Crippen MR) is 83.7 cm³/mol. The van der Waals surface area contributed by atoms with Gasteiger partial charge in [0.2, 0.25) is 0 Å².